The molecule has 260 valence electrons. The van der Waals surface area contributed by atoms with Gasteiger partial charge in [-0.3, -0.25) is 4.99 Å². The Morgan fingerprint density at radius 2 is 1.28 bits per heavy atom. The molecule has 0 saturated carbocycles. The fourth-order valence-corrected chi connectivity index (χ4v) is 8.32. The zero-order chi connectivity index (χ0) is 36.8. The number of anilines is 3. The maximum absolute atomic E-state index is 3.87. The fourth-order valence-electron chi connectivity index (χ4n) is 8.32. The standard InChI is InChI=1S/C51H41N3/c1-35(14-13-31-52-4)37-15-12-18-41(32-37)53(42-28-29-44-43-19-8-10-21-47(43)51(2,3)48(44)34-42)40-26-23-36(24-27-40)38-25-30-50-46(33-38)45-20-9-11-22-49(45)54(50)39-16-6-5-7-17-39/h5-34H,4H2,1-3H3/b31-13-,35-14+. The molecule has 1 aliphatic rings. The maximum Gasteiger partial charge on any atom is 0.0541 e. The van der Waals surface area contributed by atoms with Crippen molar-refractivity contribution in [2.24, 2.45) is 4.99 Å². The smallest absolute Gasteiger partial charge is 0.0541 e. The molecular weight excluding hydrogens is 655 g/mol. The van der Waals surface area contributed by atoms with Crippen molar-refractivity contribution in [2.45, 2.75) is 26.2 Å². The van der Waals surface area contributed by atoms with Crippen molar-refractivity contribution in [3.8, 4) is 27.9 Å². The monoisotopic (exact) mass is 695 g/mol. The van der Waals surface area contributed by atoms with Crippen LogP contribution in [0.5, 0.6) is 0 Å². The van der Waals surface area contributed by atoms with Crippen LogP contribution in [0.4, 0.5) is 17.1 Å². The van der Waals surface area contributed by atoms with E-state index in [0.717, 1.165) is 28.2 Å². The van der Waals surface area contributed by atoms with Crippen LogP contribution in [0.3, 0.4) is 0 Å². The lowest BCUT2D eigenvalue weighted by molar-refractivity contribution is 0.660. The Morgan fingerprint density at radius 3 is 2.11 bits per heavy atom. The molecule has 0 radical (unpaired) electrons. The third-order valence-electron chi connectivity index (χ3n) is 11.1. The zero-order valence-electron chi connectivity index (χ0n) is 30.9. The molecule has 0 aliphatic heterocycles. The van der Waals surface area contributed by atoms with Crippen molar-refractivity contribution in [3.05, 3.63) is 199 Å². The van der Waals surface area contributed by atoms with Gasteiger partial charge in [-0.1, -0.05) is 117 Å². The second-order valence-corrected chi connectivity index (χ2v) is 14.6. The van der Waals surface area contributed by atoms with E-state index >= 15 is 0 Å². The second-order valence-electron chi connectivity index (χ2n) is 14.6. The summed E-state index contributed by atoms with van der Waals surface area (Å²) >= 11 is 0. The van der Waals surface area contributed by atoms with Gasteiger partial charge in [0.25, 0.3) is 0 Å². The molecule has 0 fully saturated rings. The van der Waals surface area contributed by atoms with Gasteiger partial charge in [0.1, 0.15) is 0 Å². The number of aromatic nitrogens is 1. The van der Waals surface area contributed by atoms with E-state index in [9.17, 15) is 0 Å². The Bertz CT molecular complexity index is 2760. The molecule has 0 spiro atoms. The Hall–Kier alpha value is -6.71. The predicted molar refractivity (Wildman–Crippen MR) is 231 cm³/mol. The SMILES string of the molecule is C=N/C=C\C=C(/C)c1cccc(N(c2ccc(-c3ccc4c(c3)c3ccccc3n4-c3ccccc3)cc2)c2ccc3c(c2)C(C)(C)c2ccccc2-3)c1. The Balaban J connectivity index is 1.15. The number of para-hydroxylation sites is 2. The minimum Gasteiger partial charge on any atom is -0.310 e. The summed E-state index contributed by atoms with van der Waals surface area (Å²) in [5.41, 5.74) is 16.9. The van der Waals surface area contributed by atoms with Crippen LogP contribution in [0.1, 0.15) is 37.5 Å². The summed E-state index contributed by atoms with van der Waals surface area (Å²) < 4.78 is 2.36. The highest BCUT2D eigenvalue weighted by Gasteiger charge is 2.35. The summed E-state index contributed by atoms with van der Waals surface area (Å²) in [5, 5.41) is 2.50. The average Bonchev–Trinajstić information content (AvgIpc) is 3.66. The molecule has 0 amide bonds. The number of aliphatic imine (C=N–C) groups is 1. The topological polar surface area (TPSA) is 20.5 Å². The molecule has 3 heteroatoms. The number of nitrogens with zero attached hydrogens (tertiary/aromatic N) is 3. The van der Waals surface area contributed by atoms with Gasteiger partial charge in [-0.15, -0.1) is 0 Å². The molecule has 0 bridgehead atoms. The van der Waals surface area contributed by atoms with E-state index in [-0.39, 0.29) is 5.41 Å². The molecule has 1 aliphatic carbocycles. The molecule has 0 unspecified atom stereocenters. The van der Waals surface area contributed by atoms with Gasteiger partial charge in [0.05, 0.1) is 11.0 Å². The van der Waals surface area contributed by atoms with Gasteiger partial charge < -0.3 is 9.47 Å². The molecule has 3 nitrogen and oxygen atoms in total. The van der Waals surface area contributed by atoms with Crippen molar-refractivity contribution in [2.75, 3.05) is 4.90 Å². The fraction of sp³-hybridized carbons (Fsp3) is 0.0784. The first-order valence-electron chi connectivity index (χ1n) is 18.6. The number of fused-ring (bicyclic) bond motifs is 6. The van der Waals surface area contributed by atoms with Crippen LogP contribution >= 0.6 is 0 Å². The normalized spacial score (nSPS) is 13.4. The number of benzene rings is 7. The van der Waals surface area contributed by atoms with Crippen LogP contribution in [0.15, 0.2) is 187 Å². The van der Waals surface area contributed by atoms with Crippen molar-refractivity contribution >= 4 is 51.2 Å². The lowest BCUT2D eigenvalue weighted by Crippen LogP contribution is -2.16. The van der Waals surface area contributed by atoms with E-state index < -0.39 is 0 Å². The van der Waals surface area contributed by atoms with Crippen LogP contribution < -0.4 is 4.90 Å². The molecule has 8 aromatic rings. The van der Waals surface area contributed by atoms with Crippen LogP contribution in [-0.2, 0) is 5.41 Å². The predicted octanol–water partition coefficient (Wildman–Crippen LogP) is 13.8. The summed E-state index contributed by atoms with van der Waals surface area (Å²) in [6.07, 6.45) is 5.73. The van der Waals surface area contributed by atoms with Gasteiger partial charge >= 0.3 is 0 Å². The molecule has 0 atom stereocenters. The van der Waals surface area contributed by atoms with Crippen LogP contribution in [0.25, 0.3) is 55.3 Å². The van der Waals surface area contributed by atoms with Gasteiger partial charge in [0.2, 0.25) is 0 Å². The molecule has 9 rings (SSSR count). The minimum absolute atomic E-state index is 0.105. The lowest BCUT2D eigenvalue weighted by atomic mass is 9.82. The average molecular weight is 696 g/mol. The van der Waals surface area contributed by atoms with Crippen LogP contribution in [0.2, 0.25) is 0 Å². The number of hydrogen-bond donors (Lipinski definition) is 0. The van der Waals surface area contributed by atoms with E-state index in [1.807, 2.05) is 6.08 Å². The highest BCUT2D eigenvalue weighted by atomic mass is 15.1. The molecule has 1 aromatic heterocycles. The molecule has 1 heterocycles. The Labute approximate surface area is 317 Å². The summed E-state index contributed by atoms with van der Waals surface area (Å²) in [4.78, 5) is 6.25. The number of hydrogen-bond acceptors (Lipinski definition) is 2. The van der Waals surface area contributed by atoms with Gasteiger partial charge in [-0.2, -0.15) is 0 Å². The summed E-state index contributed by atoms with van der Waals surface area (Å²) in [5.74, 6) is 0. The van der Waals surface area contributed by atoms with Crippen LogP contribution in [-0.4, -0.2) is 11.3 Å². The largest absolute Gasteiger partial charge is 0.310 e. The van der Waals surface area contributed by atoms with Crippen molar-refractivity contribution in [3.63, 3.8) is 0 Å². The third-order valence-corrected chi connectivity index (χ3v) is 11.1. The van der Waals surface area contributed by atoms with Crippen molar-refractivity contribution < 1.29 is 0 Å². The minimum atomic E-state index is -0.105. The number of rotatable bonds is 8. The van der Waals surface area contributed by atoms with Crippen LogP contribution in [0, 0.1) is 0 Å². The van der Waals surface area contributed by atoms with E-state index in [2.05, 4.69) is 212 Å². The quantitative estimate of drug-likeness (QED) is 0.114. The maximum atomic E-state index is 3.87. The highest BCUT2D eigenvalue weighted by molar-refractivity contribution is 6.10. The molecule has 0 saturated heterocycles. The van der Waals surface area contributed by atoms with Crippen molar-refractivity contribution in [1.29, 1.82) is 0 Å². The van der Waals surface area contributed by atoms with E-state index in [0.29, 0.717) is 0 Å². The molecular formula is C51H41N3. The molecule has 0 N–H and O–H groups in total. The van der Waals surface area contributed by atoms with Crippen molar-refractivity contribution in [1.82, 2.24) is 4.57 Å². The van der Waals surface area contributed by atoms with Gasteiger partial charge in [0.15, 0.2) is 0 Å². The Kier molecular flexibility index (Phi) is 8.20. The summed E-state index contributed by atoms with van der Waals surface area (Å²) in [6.45, 7) is 10.4. The van der Waals surface area contributed by atoms with E-state index in [1.165, 1.54) is 60.9 Å². The first-order chi connectivity index (χ1) is 26.4. The molecule has 7 aromatic carbocycles. The van der Waals surface area contributed by atoms with Gasteiger partial charge in [-0.25, -0.2) is 0 Å². The second kappa shape index (κ2) is 13.4. The van der Waals surface area contributed by atoms with Gasteiger partial charge in [0, 0.05) is 45.1 Å². The Morgan fingerprint density at radius 1 is 0.593 bits per heavy atom. The third kappa shape index (κ3) is 5.57. The first kappa shape index (κ1) is 33.1. The van der Waals surface area contributed by atoms with Gasteiger partial charge in [-0.05, 0) is 131 Å². The summed E-state index contributed by atoms with van der Waals surface area (Å²) in [7, 11) is 0. The zero-order valence-corrected chi connectivity index (χ0v) is 30.9. The van der Waals surface area contributed by atoms with E-state index in [4.69, 9.17) is 0 Å². The van der Waals surface area contributed by atoms with E-state index in [1.54, 1.807) is 6.20 Å². The summed E-state index contributed by atoms with van der Waals surface area (Å²) in [6, 6.07) is 59.8. The number of allylic oxidation sites excluding steroid dienone is 3. The molecule has 54 heavy (non-hydrogen) atoms. The highest BCUT2D eigenvalue weighted by Crippen LogP contribution is 2.50. The first-order valence-corrected chi connectivity index (χ1v) is 18.6. The lowest BCUT2D eigenvalue weighted by Gasteiger charge is -2.28.